The smallest absolute Gasteiger partial charge is 0.261 e. The van der Waals surface area contributed by atoms with Crippen molar-refractivity contribution in [3.63, 3.8) is 0 Å². The molecule has 3 aromatic rings. The van der Waals surface area contributed by atoms with Gasteiger partial charge < -0.3 is 4.74 Å². The van der Waals surface area contributed by atoms with E-state index in [2.05, 4.69) is 22.0 Å². The summed E-state index contributed by atoms with van der Waals surface area (Å²) in [5, 5.41) is 0.727. The molecule has 4 nitrogen and oxygen atoms in total. The number of carbonyl (C=O) groups is 1. The number of thiazole rings is 1. The van der Waals surface area contributed by atoms with Crippen molar-refractivity contribution in [2.24, 2.45) is 0 Å². The van der Waals surface area contributed by atoms with Crippen LogP contribution < -0.4 is 4.90 Å². The lowest BCUT2D eigenvalue weighted by atomic mass is 10.2. The van der Waals surface area contributed by atoms with Crippen molar-refractivity contribution in [1.82, 2.24) is 4.98 Å². The van der Waals surface area contributed by atoms with Gasteiger partial charge in [0.1, 0.15) is 0 Å². The number of aryl methyl sites for hydroxylation is 1. The molecule has 0 saturated carbocycles. The lowest BCUT2D eigenvalue weighted by Gasteiger charge is -2.23. The molecule has 1 amide bonds. The van der Waals surface area contributed by atoms with Gasteiger partial charge in [-0.25, -0.2) is 4.98 Å². The topological polar surface area (TPSA) is 42.4 Å². The summed E-state index contributed by atoms with van der Waals surface area (Å²) in [6, 6.07) is 13.6. The van der Waals surface area contributed by atoms with Crippen LogP contribution in [0.2, 0.25) is 0 Å². The fraction of sp³-hybridized carbons (Fsp3) is 0.300. The Bertz CT molecular complexity index is 950. The number of hydrogen-bond acceptors (Lipinski definition) is 4. The molecule has 1 aliphatic heterocycles. The molecule has 26 heavy (non-hydrogen) atoms. The Morgan fingerprint density at radius 3 is 2.88 bits per heavy atom. The van der Waals surface area contributed by atoms with Gasteiger partial charge in [0.05, 0.1) is 28.4 Å². The van der Waals surface area contributed by atoms with E-state index in [0.29, 0.717) is 12.1 Å². The number of ether oxygens (including phenoxy) is 1. The van der Waals surface area contributed by atoms with E-state index < -0.39 is 0 Å². The van der Waals surface area contributed by atoms with Crippen molar-refractivity contribution in [2.45, 2.75) is 25.9 Å². The monoisotopic (exact) mass is 430 g/mol. The molecule has 6 heteroatoms. The molecule has 1 atom stereocenters. The Balaban J connectivity index is 1.75. The van der Waals surface area contributed by atoms with E-state index in [0.717, 1.165) is 44.8 Å². The van der Waals surface area contributed by atoms with Gasteiger partial charge in [-0.05, 0) is 59.5 Å². The zero-order chi connectivity index (χ0) is 18.1. The molecule has 4 rings (SSSR count). The predicted octanol–water partition coefficient (Wildman–Crippen LogP) is 5.19. The minimum Gasteiger partial charge on any atom is -0.376 e. The Morgan fingerprint density at radius 2 is 2.15 bits per heavy atom. The van der Waals surface area contributed by atoms with E-state index in [1.807, 2.05) is 43.3 Å². The van der Waals surface area contributed by atoms with E-state index in [1.54, 1.807) is 16.2 Å². The largest absolute Gasteiger partial charge is 0.376 e. The van der Waals surface area contributed by atoms with Gasteiger partial charge in [-0.1, -0.05) is 35.6 Å². The molecule has 1 unspecified atom stereocenters. The maximum Gasteiger partial charge on any atom is 0.261 e. The fourth-order valence-electron chi connectivity index (χ4n) is 3.21. The molecule has 0 spiro atoms. The first-order valence-electron chi connectivity index (χ1n) is 8.67. The SMILES string of the molecule is Cc1cccc2sc(N(CC3CCCO3)C(=O)c3ccccc3Br)nc12. The number of fused-ring (bicyclic) bond motifs is 1. The quantitative estimate of drug-likeness (QED) is 0.571. The molecule has 0 aliphatic carbocycles. The van der Waals surface area contributed by atoms with E-state index in [9.17, 15) is 4.79 Å². The van der Waals surface area contributed by atoms with E-state index in [4.69, 9.17) is 9.72 Å². The minimum atomic E-state index is -0.0512. The Hall–Kier alpha value is -1.76. The number of amides is 1. The molecule has 1 aliphatic rings. The second-order valence-corrected chi connectivity index (χ2v) is 8.31. The number of rotatable bonds is 4. The minimum absolute atomic E-state index is 0.0512. The van der Waals surface area contributed by atoms with Crippen molar-refractivity contribution in [2.75, 3.05) is 18.1 Å². The molecule has 1 fully saturated rings. The van der Waals surface area contributed by atoms with Gasteiger partial charge in [0.2, 0.25) is 0 Å². The van der Waals surface area contributed by atoms with Gasteiger partial charge in [0, 0.05) is 11.1 Å². The lowest BCUT2D eigenvalue weighted by molar-refractivity contribution is 0.0917. The first-order valence-corrected chi connectivity index (χ1v) is 10.3. The summed E-state index contributed by atoms with van der Waals surface area (Å²) in [5.41, 5.74) is 2.72. The van der Waals surface area contributed by atoms with Gasteiger partial charge in [-0.15, -0.1) is 0 Å². The van der Waals surface area contributed by atoms with Crippen LogP contribution in [0.4, 0.5) is 5.13 Å². The summed E-state index contributed by atoms with van der Waals surface area (Å²) in [6.07, 6.45) is 2.08. The van der Waals surface area contributed by atoms with Crippen molar-refractivity contribution >= 4 is 48.5 Å². The number of benzene rings is 2. The van der Waals surface area contributed by atoms with E-state index in [-0.39, 0.29) is 12.0 Å². The van der Waals surface area contributed by atoms with Gasteiger partial charge in [0.25, 0.3) is 5.91 Å². The summed E-state index contributed by atoms with van der Waals surface area (Å²) < 4.78 is 7.68. The number of aromatic nitrogens is 1. The summed E-state index contributed by atoms with van der Waals surface area (Å²) >= 11 is 5.06. The number of para-hydroxylation sites is 1. The molecule has 0 bridgehead atoms. The van der Waals surface area contributed by atoms with E-state index >= 15 is 0 Å². The molecule has 1 aromatic heterocycles. The predicted molar refractivity (Wildman–Crippen MR) is 109 cm³/mol. The first kappa shape index (κ1) is 17.6. The summed E-state index contributed by atoms with van der Waals surface area (Å²) in [4.78, 5) is 19.9. The third-order valence-electron chi connectivity index (χ3n) is 4.60. The summed E-state index contributed by atoms with van der Waals surface area (Å²) in [5.74, 6) is -0.0512. The highest BCUT2D eigenvalue weighted by atomic mass is 79.9. The van der Waals surface area contributed by atoms with Crippen LogP contribution in [-0.4, -0.2) is 30.1 Å². The number of anilines is 1. The number of nitrogens with zero attached hydrogens (tertiary/aromatic N) is 2. The molecule has 134 valence electrons. The molecule has 2 heterocycles. The zero-order valence-corrected chi connectivity index (χ0v) is 16.8. The van der Waals surface area contributed by atoms with Crippen LogP contribution in [0.5, 0.6) is 0 Å². The zero-order valence-electron chi connectivity index (χ0n) is 14.4. The maximum atomic E-state index is 13.3. The van der Waals surface area contributed by atoms with Crippen molar-refractivity contribution in [1.29, 1.82) is 0 Å². The second-order valence-electron chi connectivity index (χ2n) is 6.45. The van der Waals surface area contributed by atoms with Gasteiger partial charge in [-0.2, -0.15) is 0 Å². The van der Waals surface area contributed by atoms with Crippen LogP contribution in [0.3, 0.4) is 0 Å². The van der Waals surface area contributed by atoms with Crippen LogP contribution >= 0.6 is 27.3 Å². The van der Waals surface area contributed by atoms with Gasteiger partial charge in [0.15, 0.2) is 5.13 Å². The van der Waals surface area contributed by atoms with Crippen LogP contribution in [0, 0.1) is 6.92 Å². The molecular formula is C20H19BrN2O2S. The van der Waals surface area contributed by atoms with Crippen LogP contribution in [-0.2, 0) is 4.74 Å². The average molecular weight is 431 g/mol. The molecule has 2 aromatic carbocycles. The highest BCUT2D eigenvalue weighted by Gasteiger charge is 2.28. The summed E-state index contributed by atoms with van der Waals surface area (Å²) in [7, 11) is 0. The fourth-order valence-corrected chi connectivity index (χ4v) is 4.72. The number of halogens is 1. The highest BCUT2D eigenvalue weighted by molar-refractivity contribution is 9.10. The molecule has 0 radical (unpaired) electrons. The normalized spacial score (nSPS) is 16.9. The average Bonchev–Trinajstić information content (AvgIpc) is 3.29. The standard InChI is InChI=1S/C20H19BrN2O2S/c1-13-6-4-10-17-18(13)22-20(26-17)23(12-14-7-5-11-25-14)19(24)15-8-2-3-9-16(15)21/h2-4,6,8-10,14H,5,7,11-12H2,1H3. The number of carbonyl (C=O) groups excluding carboxylic acids is 1. The number of hydrogen-bond donors (Lipinski definition) is 0. The van der Waals surface area contributed by atoms with Gasteiger partial charge in [-0.3, -0.25) is 9.69 Å². The van der Waals surface area contributed by atoms with Crippen molar-refractivity contribution < 1.29 is 9.53 Å². The van der Waals surface area contributed by atoms with E-state index in [1.165, 1.54) is 0 Å². The lowest BCUT2D eigenvalue weighted by Crippen LogP contribution is -2.37. The molecule has 1 saturated heterocycles. The van der Waals surface area contributed by atoms with Crippen LogP contribution in [0.25, 0.3) is 10.2 Å². The third kappa shape index (κ3) is 3.41. The molecular weight excluding hydrogens is 412 g/mol. The first-order chi connectivity index (χ1) is 12.6. The maximum absolute atomic E-state index is 13.3. The Labute approximate surface area is 164 Å². The van der Waals surface area contributed by atoms with Crippen molar-refractivity contribution in [3.05, 3.63) is 58.1 Å². The highest BCUT2D eigenvalue weighted by Crippen LogP contribution is 2.33. The third-order valence-corrected chi connectivity index (χ3v) is 6.34. The van der Waals surface area contributed by atoms with Crippen molar-refractivity contribution in [3.8, 4) is 0 Å². The summed E-state index contributed by atoms with van der Waals surface area (Å²) in [6.45, 7) is 3.34. The second kappa shape index (κ2) is 7.47. The Kier molecular flexibility index (Phi) is 5.07. The van der Waals surface area contributed by atoms with Gasteiger partial charge >= 0.3 is 0 Å². The Morgan fingerprint density at radius 1 is 1.31 bits per heavy atom. The molecule has 0 N–H and O–H groups in total. The van der Waals surface area contributed by atoms with Crippen LogP contribution in [0.1, 0.15) is 28.8 Å². The van der Waals surface area contributed by atoms with Crippen LogP contribution in [0.15, 0.2) is 46.9 Å².